The minimum atomic E-state index is -1.05. The molecule has 182 valence electrons. The predicted octanol–water partition coefficient (Wildman–Crippen LogP) is 6.89. The standard InChI is InChI=1S/C28H41NO3S/c1-9-16-33(31)29-24-14-12-22(17-20(24)4)28(10-2,11-3)23-13-15-25(21(5)18-23)32-19-26(30)27(6,7)8/h12-15,17-18,29H,9-11,16,19H2,1-8H3. The lowest BCUT2D eigenvalue weighted by atomic mass is 9.70. The Kier molecular flexibility index (Phi) is 9.30. The quantitative estimate of drug-likeness (QED) is 0.388. The van der Waals surface area contributed by atoms with E-state index in [9.17, 15) is 9.00 Å². The molecule has 0 aromatic heterocycles. The molecular weight excluding hydrogens is 430 g/mol. The molecule has 33 heavy (non-hydrogen) atoms. The van der Waals surface area contributed by atoms with Crippen LogP contribution < -0.4 is 9.46 Å². The van der Waals surface area contributed by atoms with Gasteiger partial charge in [-0.1, -0.05) is 65.8 Å². The maximum atomic E-state index is 12.3. The minimum absolute atomic E-state index is 0.0868. The maximum Gasteiger partial charge on any atom is 0.175 e. The Morgan fingerprint density at radius 2 is 1.52 bits per heavy atom. The molecule has 1 N–H and O–H groups in total. The van der Waals surface area contributed by atoms with Gasteiger partial charge < -0.3 is 9.46 Å². The number of anilines is 1. The molecule has 2 aromatic carbocycles. The van der Waals surface area contributed by atoms with Crippen LogP contribution in [0.3, 0.4) is 0 Å². The zero-order valence-electron chi connectivity index (χ0n) is 21.6. The van der Waals surface area contributed by atoms with Crippen molar-refractivity contribution in [2.45, 2.75) is 80.1 Å². The van der Waals surface area contributed by atoms with E-state index in [0.29, 0.717) is 5.75 Å². The van der Waals surface area contributed by atoms with Gasteiger partial charge in [-0.25, -0.2) is 4.21 Å². The number of benzene rings is 2. The molecule has 0 aliphatic carbocycles. The molecule has 2 rings (SSSR count). The summed E-state index contributed by atoms with van der Waals surface area (Å²) >= 11 is 0. The first-order chi connectivity index (χ1) is 15.5. The van der Waals surface area contributed by atoms with Crippen LogP contribution in [0, 0.1) is 19.3 Å². The Morgan fingerprint density at radius 1 is 0.939 bits per heavy atom. The van der Waals surface area contributed by atoms with Crippen molar-refractivity contribution < 1.29 is 13.7 Å². The molecule has 0 saturated carbocycles. The van der Waals surface area contributed by atoms with Gasteiger partial charge in [0.05, 0.1) is 0 Å². The van der Waals surface area contributed by atoms with Gasteiger partial charge in [0.15, 0.2) is 5.78 Å². The Bertz CT molecular complexity index is 987. The highest BCUT2D eigenvalue weighted by atomic mass is 32.2. The summed E-state index contributed by atoms with van der Waals surface area (Å²) in [5.41, 5.74) is 5.02. The number of carbonyl (C=O) groups is 1. The lowest BCUT2D eigenvalue weighted by Gasteiger charge is -2.34. The largest absolute Gasteiger partial charge is 0.486 e. The Labute approximate surface area is 203 Å². The van der Waals surface area contributed by atoms with Crippen molar-refractivity contribution in [1.82, 2.24) is 0 Å². The summed E-state index contributed by atoms with van der Waals surface area (Å²) < 4.78 is 21.2. The van der Waals surface area contributed by atoms with E-state index < -0.39 is 16.4 Å². The van der Waals surface area contributed by atoms with E-state index in [2.05, 4.69) is 55.8 Å². The lowest BCUT2D eigenvalue weighted by molar-refractivity contribution is -0.128. The van der Waals surface area contributed by atoms with Gasteiger partial charge in [0.1, 0.15) is 23.3 Å². The number of hydrogen-bond acceptors (Lipinski definition) is 3. The Morgan fingerprint density at radius 3 is 2.00 bits per heavy atom. The van der Waals surface area contributed by atoms with Crippen molar-refractivity contribution in [1.29, 1.82) is 0 Å². The van der Waals surface area contributed by atoms with Crippen LogP contribution in [0.4, 0.5) is 5.69 Å². The number of rotatable bonds is 11. The van der Waals surface area contributed by atoms with Gasteiger partial charge in [-0.15, -0.1) is 0 Å². The molecule has 4 nitrogen and oxygen atoms in total. The minimum Gasteiger partial charge on any atom is -0.486 e. The van der Waals surface area contributed by atoms with E-state index in [4.69, 9.17) is 4.74 Å². The summed E-state index contributed by atoms with van der Waals surface area (Å²) in [6.45, 7) is 16.4. The molecule has 2 aromatic rings. The maximum absolute atomic E-state index is 12.3. The first kappa shape index (κ1) is 27.1. The second kappa shape index (κ2) is 11.3. The molecule has 1 atom stereocenters. The number of ketones is 1. The molecule has 0 aliphatic rings. The topological polar surface area (TPSA) is 55.4 Å². The molecule has 0 aliphatic heterocycles. The molecule has 1 unspecified atom stereocenters. The molecule has 0 saturated heterocycles. The normalized spacial score (nSPS) is 13.0. The van der Waals surface area contributed by atoms with Gasteiger partial charge in [0, 0.05) is 22.3 Å². The monoisotopic (exact) mass is 471 g/mol. The number of nitrogens with one attached hydrogen (secondary N) is 1. The van der Waals surface area contributed by atoms with Gasteiger partial charge in [0.25, 0.3) is 0 Å². The van der Waals surface area contributed by atoms with Gasteiger partial charge >= 0.3 is 0 Å². The van der Waals surface area contributed by atoms with Crippen molar-refractivity contribution in [2.24, 2.45) is 5.41 Å². The van der Waals surface area contributed by atoms with Crippen LogP contribution in [0.5, 0.6) is 5.75 Å². The van der Waals surface area contributed by atoms with E-state index in [1.807, 2.05) is 40.7 Å². The number of aryl methyl sites for hydroxylation is 2. The predicted molar refractivity (Wildman–Crippen MR) is 141 cm³/mol. The molecule has 0 heterocycles. The SMILES string of the molecule is CCCS(=O)Nc1ccc(C(CC)(CC)c2ccc(OCC(=O)C(C)(C)C)c(C)c2)cc1C. The van der Waals surface area contributed by atoms with Crippen molar-refractivity contribution in [3.05, 3.63) is 58.7 Å². The van der Waals surface area contributed by atoms with Crippen molar-refractivity contribution in [3.8, 4) is 5.75 Å². The van der Waals surface area contributed by atoms with Crippen molar-refractivity contribution >= 4 is 22.5 Å². The second-order valence-corrected chi connectivity index (χ2v) is 11.2. The third kappa shape index (κ3) is 6.47. The Hall–Kier alpha value is -2.14. The van der Waals surface area contributed by atoms with Gasteiger partial charge in [-0.3, -0.25) is 4.79 Å². The average molecular weight is 472 g/mol. The summed E-state index contributed by atoms with van der Waals surface area (Å²) in [6.07, 6.45) is 2.80. The number of carbonyl (C=O) groups excluding carboxylic acids is 1. The molecule has 0 fully saturated rings. The number of ether oxygens (including phenoxy) is 1. The molecule has 0 amide bonds. The first-order valence-electron chi connectivity index (χ1n) is 12.0. The van der Waals surface area contributed by atoms with Gasteiger partial charge in [-0.05, 0) is 67.5 Å². The van der Waals surface area contributed by atoms with Crippen molar-refractivity contribution in [2.75, 3.05) is 17.1 Å². The van der Waals surface area contributed by atoms with Crippen LogP contribution in [0.15, 0.2) is 36.4 Å². The number of hydrogen-bond donors (Lipinski definition) is 1. The highest BCUT2D eigenvalue weighted by molar-refractivity contribution is 7.86. The smallest absolute Gasteiger partial charge is 0.175 e. The first-order valence-corrected chi connectivity index (χ1v) is 13.3. The van der Waals surface area contributed by atoms with Crippen LogP contribution in [-0.4, -0.2) is 22.4 Å². The van der Waals surface area contributed by atoms with Crippen LogP contribution in [0.25, 0.3) is 0 Å². The van der Waals surface area contributed by atoms with Crippen LogP contribution in [0.1, 0.15) is 83.1 Å². The molecule has 0 radical (unpaired) electrons. The zero-order valence-corrected chi connectivity index (χ0v) is 22.4. The molecule has 5 heteroatoms. The van der Waals surface area contributed by atoms with E-state index >= 15 is 0 Å². The van der Waals surface area contributed by atoms with Gasteiger partial charge in [0.2, 0.25) is 0 Å². The van der Waals surface area contributed by atoms with E-state index in [0.717, 1.165) is 41.8 Å². The van der Waals surface area contributed by atoms with Gasteiger partial charge in [-0.2, -0.15) is 0 Å². The van der Waals surface area contributed by atoms with E-state index in [1.165, 1.54) is 11.1 Å². The zero-order chi connectivity index (χ0) is 24.8. The summed E-state index contributed by atoms with van der Waals surface area (Å²) in [5, 5.41) is 0. The fraction of sp³-hybridized carbons (Fsp3) is 0.536. The Balaban J connectivity index is 2.35. The van der Waals surface area contributed by atoms with E-state index in [-0.39, 0.29) is 17.8 Å². The summed E-state index contributed by atoms with van der Waals surface area (Å²) in [4.78, 5) is 12.3. The highest BCUT2D eigenvalue weighted by Gasteiger charge is 2.31. The molecule has 0 spiro atoms. The van der Waals surface area contributed by atoms with Crippen LogP contribution >= 0.6 is 0 Å². The second-order valence-electron chi connectivity index (χ2n) is 9.91. The van der Waals surface area contributed by atoms with Crippen LogP contribution in [0.2, 0.25) is 0 Å². The lowest BCUT2D eigenvalue weighted by Crippen LogP contribution is -2.27. The fourth-order valence-corrected chi connectivity index (χ4v) is 5.08. The fourth-order valence-electron chi connectivity index (χ4n) is 4.14. The summed E-state index contributed by atoms with van der Waals surface area (Å²) in [6, 6.07) is 12.8. The molecular formula is C28H41NO3S. The molecule has 0 bridgehead atoms. The third-order valence-corrected chi connectivity index (χ3v) is 7.75. The highest BCUT2D eigenvalue weighted by Crippen LogP contribution is 2.41. The number of Topliss-reactive ketones (excluding diaryl/α,β-unsaturated/α-hetero) is 1. The summed E-state index contributed by atoms with van der Waals surface area (Å²) in [5.74, 6) is 1.49. The third-order valence-electron chi connectivity index (χ3n) is 6.52. The average Bonchev–Trinajstić information content (AvgIpc) is 2.75. The van der Waals surface area contributed by atoms with Crippen LogP contribution in [-0.2, 0) is 21.2 Å². The summed E-state index contributed by atoms with van der Waals surface area (Å²) in [7, 11) is -1.05. The van der Waals surface area contributed by atoms with Crippen molar-refractivity contribution in [3.63, 3.8) is 0 Å². The van der Waals surface area contributed by atoms with E-state index in [1.54, 1.807) is 0 Å².